The lowest BCUT2D eigenvalue weighted by molar-refractivity contribution is 0.0689. The van der Waals surface area contributed by atoms with Crippen LogP contribution in [0.15, 0.2) is 0 Å². The SMILES string of the molecule is CCO[SiH](OCC)OC(C)CC. The normalized spacial score (nSPS) is 13.8. The summed E-state index contributed by atoms with van der Waals surface area (Å²) in [5.41, 5.74) is 0. The van der Waals surface area contributed by atoms with Crippen molar-refractivity contribution in [1.82, 2.24) is 0 Å². The third-order valence-corrected chi connectivity index (χ3v) is 3.42. The van der Waals surface area contributed by atoms with Crippen molar-refractivity contribution in [3.63, 3.8) is 0 Å². The van der Waals surface area contributed by atoms with E-state index in [0.717, 1.165) is 6.42 Å². The summed E-state index contributed by atoms with van der Waals surface area (Å²) in [4.78, 5) is 0. The Kier molecular flexibility index (Phi) is 7.79. The summed E-state index contributed by atoms with van der Waals surface area (Å²) in [6.45, 7) is 9.39. The van der Waals surface area contributed by atoms with Crippen LogP contribution in [0.5, 0.6) is 0 Å². The van der Waals surface area contributed by atoms with Gasteiger partial charge in [-0.05, 0) is 27.2 Å². The first-order valence-electron chi connectivity index (χ1n) is 4.63. The zero-order chi connectivity index (χ0) is 9.40. The zero-order valence-corrected chi connectivity index (χ0v) is 9.66. The van der Waals surface area contributed by atoms with Crippen molar-refractivity contribution >= 4 is 9.53 Å². The van der Waals surface area contributed by atoms with Crippen molar-refractivity contribution in [3.05, 3.63) is 0 Å². The molecule has 0 saturated heterocycles. The predicted molar refractivity (Wildman–Crippen MR) is 51.2 cm³/mol. The molecule has 0 bridgehead atoms. The van der Waals surface area contributed by atoms with Crippen LogP contribution in [0, 0.1) is 0 Å². The van der Waals surface area contributed by atoms with Gasteiger partial charge in [-0.1, -0.05) is 6.92 Å². The first kappa shape index (κ1) is 12.1. The molecule has 0 fully saturated rings. The largest absolute Gasteiger partial charge is 0.484 e. The summed E-state index contributed by atoms with van der Waals surface area (Å²) in [6.07, 6.45) is 1.25. The summed E-state index contributed by atoms with van der Waals surface area (Å²) in [5, 5.41) is 0. The van der Waals surface area contributed by atoms with Gasteiger partial charge in [-0.15, -0.1) is 0 Å². The second kappa shape index (κ2) is 7.73. The first-order valence-corrected chi connectivity index (χ1v) is 6.04. The van der Waals surface area contributed by atoms with Crippen molar-refractivity contribution in [2.45, 2.75) is 40.2 Å². The van der Waals surface area contributed by atoms with E-state index in [1.54, 1.807) is 0 Å². The summed E-state index contributed by atoms with van der Waals surface area (Å²) in [6, 6.07) is 0. The third-order valence-electron chi connectivity index (χ3n) is 1.52. The van der Waals surface area contributed by atoms with Gasteiger partial charge in [0.15, 0.2) is 0 Å². The fourth-order valence-corrected chi connectivity index (χ4v) is 2.05. The Morgan fingerprint density at radius 2 is 1.58 bits per heavy atom. The second-order valence-corrected chi connectivity index (χ2v) is 4.07. The van der Waals surface area contributed by atoms with E-state index < -0.39 is 9.53 Å². The van der Waals surface area contributed by atoms with Gasteiger partial charge in [0.05, 0.1) is 0 Å². The van der Waals surface area contributed by atoms with E-state index in [9.17, 15) is 0 Å². The lowest BCUT2D eigenvalue weighted by Gasteiger charge is -2.18. The van der Waals surface area contributed by atoms with E-state index in [4.69, 9.17) is 13.3 Å². The van der Waals surface area contributed by atoms with Crippen LogP contribution in [-0.4, -0.2) is 28.8 Å². The standard InChI is InChI=1S/C8H20O3Si/c1-5-8(4)11-12(9-6-2)10-7-3/h8,12H,5-7H2,1-4H3. The molecule has 0 aliphatic heterocycles. The van der Waals surface area contributed by atoms with E-state index in [0.29, 0.717) is 13.2 Å². The van der Waals surface area contributed by atoms with Crippen LogP contribution in [0.4, 0.5) is 0 Å². The maximum Gasteiger partial charge on any atom is 0.484 e. The molecule has 0 saturated carbocycles. The molecule has 1 atom stereocenters. The zero-order valence-electron chi connectivity index (χ0n) is 8.50. The average Bonchev–Trinajstić information content (AvgIpc) is 2.05. The van der Waals surface area contributed by atoms with Gasteiger partial charge in [-0.2, -0.15) is 0 Å². The Bertz CT molecular complexity index is 94.3. The van der Waals surface area contributed by atoms with Gasteiger partial charge in [-0.25, -0.2) is 0 Å². The van der Waals surface area contributed by atoms with E-state index >= 15 is 0 Å². The van der Waals surface area contributed by atoms with Gasteiger partial charge >= 0.3 is 9.53 Å². The fraction of sp³-hybridized carbons (Fsp3) is 1.00. The first-order chi connectivity index (χ1) is 5.74. The molecule has 0 spiro atoms. The molecular formula is C8H20O3Si. The molecule has 74 valence electrons. The summed E-state index contributed by atoms with van der Waals surface area (Å²) in [5.74, 6) is 0. The van der Waals surface area contributed by atoms with Crippen LogP contribution in [0.1, 0.15) is 34.1 Å². The monoisotopic (exact) mass is 192 g/mol. The molecule has 3 nitrogen and oxygen atoms in total. The van der Waals surface area contributed by atoms with E-state index in [-0.39, 0.29) is 6.10 Å². The van der Waals surface area contributed by atoms with Gasteiger partial charge in [-0.3, -0.25) is 0 Å². The number of rotatable bonds is 7. The van der Waals surface area contributed by atoms with Crippen molar-refractivity contribution in [1.29, 1.82) is 0 Å². The molecule has 0 radical (unpaired) electrons. The highest BCUT2D eigenvalue weighted by molar-refractivity contribution is 6.36. The quantitative estimate of drug-likeness (QED) is 0.573. The van der Waals surface area contributed by atoms with Crippen molar-refractivity contribution in [3.8, 4) is 0 Å². The second-order valence-electron chi connectivity index (χ2n) is 2.55. The number of hydrogen-bond acceptors (Lipinski definition) is 3. The predicted octanol–water partition coefficient (Wildman–Crippen LogP) is 1.59. The van der Waals surface area contributed by atoms with Gasteiger partial charge in [0, 0.05) is 19.3 Å². The van der Waals surface area contributed by atoms with Gasteiger partial charge in [0.2, 0.25) is 0 Å². The molecule has 0 aliphatic carbocycles. The van der Waals surface area contributed by atoms with Crippen LogP contribution in [0.25, 0.3) is 0 Å². The Morgan fingerprint density at radius 3 is 1.92 bits per heavy atom. The summed E-state index contributed by atoms with van der Waals surface area (Å²) in [7, 11) is -1.81. The highest BCUT2D eigenvalue weighted by atomic mass is 28.3. The summed E-state index contributed by atoms with van der Waals surface area (Å²) < 4.78 is 16.3. The lowest BCUT2D eigenvalue weighted by atomic mass is 10.3. The van der Waals surface area contributed by atoms with Crippen molar-refractivity contribution in [2.75, 3.05) is 13.2 Å². The molecule has 0 aromatic heterocycles. The fourth-order valence-electron chi connectivity index (χ4n) is 0.685. The smallest absolute Gasteiger partial charge is 0.376 e. The maximum absolute atomic E-state index is 5.57. The van der Waals surface area contributed by atoms with Crippen LogP contribution in [0.3, 0.4) is 0 Å². The lowest BCUT2D eigenvalue weighted by Crippen LogP contribution is -2.30. The van der Waals surface area contributed by atoms with Crippen LogP contribution >= 0.6 is 0 Å². The Balaban J connectivity index is 3.61. The molecule has 0 rings (SSSR count). The molecule has 0 N–H and O–H groups in total. The van der Waals surface area contributed by atoms with E-state index in [2.05, 4.69) is 6.92 Å². The molecule has 0 amide bonds. The van der Waals surface area contributed by atoms with Crippen LogP contribution in [0.2, 0.25) is 0 Å². The molecule has 0 heterocycles. The molecule has 0 aromatic carbocycles. The summed E-state index contributed by atoms with van der Waals surface area (Å²) >= 11 is 0. The van der Waals surface area contributed by atoms with Crippen molar-refractivity contribution in [2.24, 2.45) is 0 Å². The van der Waals surface area contributed by atoms with Gasteiger partial charge in [0.25, 0.3) is 0 Å². The van der Waals surface area contributed by atoms with Crippen molar-refractivity contribution < 1.29 is 13.3 Å². The highest BCUT2D eigenvalue weighted by Crippen LogP contribution is 2.01. The molecular weight excluding hydrogens is 172 g/mol. The average molecular weight is 192 g/mol. The molecule has 12 heavy (non-hydrogen) atoms. The van der Waals surface area contributed by atoms with Crippen LogP contribution in [-0.2, 0) is 13.3 Å². The molecule has 0 aromatic rings. The Labute approximate surface area is 77.0 Å². The third kappa shape index (κ3) is 5.71. The van der Waals surface area contributed by atoms with Crippen LogP contribution < -0.4 is 0 Å². The Hall–Kier alpha value is 0.0969. The molecule has 4 heteroatoms. The van der Waals surface area contributed by atoms with Gasteiger partial charge in [0.1, 0.15) is 0 Å². The topological polar surface area (TPSA) is 27.7 Å². The minimum Gasteiger partial charge on any atom is -0.376 e. The van der Waals surface area contributed by atoms with E-state index in [1.807, 2.05) is 20.8 Å². The minimum atomic E-state index is -1.81. The number of hydrogen-bond donors (Lipinski definition) is 0. The molecule has 1 unspecified atom stereocenters. The van der Waals surface area contributed by atoms with Gasteiger partial charge < -0.3 is 13.3 Å². The molecule has 0 aliphatic rings. The highest BCUT2D eigenvalue weighted by Gasteiger charge is 2.16. The van der Waals surface area contributed by atoms with E-state index in [1.165, 1.54) is 0 Å². The Morgan fingerprint density at radius 1 is 1.08 bits per heavy atom. The minimum absolute atomic E-state index is 0.250. The maximum atomic E-state index is 5.57.